The van der Waals surface area contributed by atoms with Crippen molar-refractivity contribution in [2.24, 2.45) is 7.05 Å². The van der Waals surface area contributed by atoms with Crippen molar-refractivity contribution in [3.05, 3.63) is 78.4 Å². The van der Waals surface area contributed by atoms with Crippen LogP contribution in [-0.4, -0.2) is 14.3 Å². The summed E-state index contributed by atoms with van der Waals surface area (Å²) in [4.78, 5) is 0. The van der Waals surface area contributed by atoms with Gasteiger partial charge in [-0.15, -0.1) is 4.57 Å². The van der Waals surface area contributed by atoms with Gasteiger partial charge in [0.1, 0.15) is 24.1 Å². The molecule has 4 aromatic heterocycles. The van der Waals surface area contributed by atoms with Gasteiger partial charge in [0, 0.05) is 23.0 Å². The van der Waals surface area contributed by atoms with E-state index in [-0.39, 0.29) is 0 Å². The van der Waals surface area contributed by atoms with E-state index >= 15 is 0 Å². The van der Waals surface area contributed by atoms with Crippen LogP contribution in [0.2, 0.25) is 0 Å². The van der Waals surface area contributed by atoms with Crippen LogP contribution in [0.5, 0.6) is 11.6 Å². The summed E-state index contributed by atoms with van der Waals surface area (Å²) < 4.78 is 15.6. The van der Waals surface area contributed by atoms with Gasteiger partial charge in [0.25, 0.3) is 0 Å². The maximum absolute atomic E-state index is 6.53. The fourth-order valence-corrected chi connectivity index (χ4v) is 6.49. The van der Waals surface area contributed by atoms with Crippen LogP contribution in [-0.2, 0) is 12.8 Å². The summed E-state index contributed by atoms with van der Waals surface area (Å²) in [5.74, 6) is 1.09. The molecule has 6 nitrogen and oxygen atoms in total. The number of hydrogen-bond donors (Lipinski definition) is 0. The number of pyridine rings is 2. The Kier molecular flexibility index (Phi) is 2.21. The fourth-order valence-electron chi connectivity index (χ4n) is 6.49. The fraction of sp³-hybridized carbons (Fsp3) is 0.115. The molecule has 7 heterocycles. The Labute approximate surface area is 182 Å². The largest absolute Gasteiger partial charge is 0.404 e. The van der Waals surface area contributed by atoms with E-state index in [1.54, 1.807) is 0 Å². The van der Waals surface area contributed by atoms with Gasteiger partial charge in [-0.1, -0.05) is 6.07 Å². The van der Waals surface area contributed by atoms with E-state index in [2.05, 4.69) is 99.5 Å². The van der Waals surface area contributed by atoms with Crippen LogP contribution in [0.1, 0.15) is 11.3 Å². The predicted molar refractivity (Wildman–Crippen MR) is 119 cm³/mol. The highest BCUT2D eigenvalue weighted by molar-refractivity contribution is 6.26. The van der Waals surface area contributed by atoms with E-state index < -0.39 is 5.79 Å². The molecular formula is C26H17N5O+2. The predicted octanol–water partition coefficient (Wildman–Crippen LogP) is 3.72. The van der Waals surface area contributed by atoms with Gasteiger partial charge in [0.15, 0.2) is 12.4 Å². The molecule has 1 atom stereocenters. The van der Waals surface area contributed by atoms with Gasteiger partial charge >= 0.3 is 11.7 Å². The Morgan fingerprint density at radius 2 is 1.84 bits per heavy atom. The van der Waals surface area contributed by atoms with E-state index in [1.165, 1.54) is 38.0 Å². The van der Waals surface area contributed by atoms with Gasteiger partial charge in [0.2, 0.25) is 5.69 Å². The van der Waals surface area contributed by atoms with Crippen molar-refractivity contribution in [2.45, 2.75) is 12.7 Å². The Morgan fingerprint density at radius 3 is 2.75 bits per heavy atom. The molecule has 6 heteroatoms. The van der Waals surface area contributed by atoms with Crippen molar-refractivity contribution in [2.75, 3.05) is 0 Å². The van der Waals surface area contributed by atoms with Gasteiger partial charge in [-0.2, -0.15) is 9.78 Å². The number of nitrogens with zero attached hydrogens (tertiary/aromatic N) is 5. The number of hydrogen-bond acceptors (Lipinski definition) is 2. The molecule has 9 rings (SSSR count). The highest BCUT2D eigenvalue weighted by atomic mass is 16.5. The molecule has 0 radical (unpaired) electrons. The van der Waals surface area contributed by atoms with Gasteiger partial charge in [-0.3, -0.25) is 4.57 Å². The number of aryl methyl sites for hydroxylation is 2. The number of aromatic nitrogens is 5. The average molecular weight is 415 g/mol. The Morgan fingerprint density at radius 1 is 0.969 bits per heavy atom. The second-order valence-corrected chi connectivity index (χ2v) is 9.16. The third-order valence-corrected chi connectivity index (χ3v) is 7.48. The van der Waals surface area contributed by atoms with Gasteiger partial charge < -0.3 is 4.74 Å². The van der Waals surface area contributed by atoms with Crippen LogP contribution in [0, 0.1) is 6.92 Å². The van der Waals surface area contributed by atoms with Gasteiger partial charge in [-0.25, -0.2) is 4.57 Å². The first kappa shape index (κ1) is 15.6. The van der Waals surface area contributed by atoms with Crippen molar-refractivity contribution >= 4 is 32.4 Å². The summed E-state index contributed by atoms with van der Waals surface area (Å²) in [5, 5.41) is 11.4. The topological polar surface area (TPSA) is 39.7 Å². The first-order valence-electron chi connectivity index (χ1n) is 10.9. The quantitative estimate of drug-likeness (QED) is 0.280. The van der Waals surface area contributed by atoms with Crippen molar-refractivity contribution in [1.82, 2.24) is 14.3 Å². The van der Waals surface area contributed by atoms with Gasteiger partial charge in [-0.05, 0) is 42.6 Å². The molecule has 6 aromatic rings. The third-order valence-electron chi connectivity index (χ3n) is 7.48. The number of benzene rings is 2. The van der Waals surface area contributed by atoms with E-state index in [1.807, 2.05) is 0 Å². The maximum atomic E-state index is 6.53. The molecule has 0 aliphatic carbocycles. The van der Waals surface area contributed by atoms with Crippen LogP contribution < -0.4 is 13.9 Å². The average Bonchev–Trinajstić information content (AvgIpc) is 3.52. The van der Waals surface area contributed by atoms with Crippen LogP contribution >= 0.6 is 0 Å². The minimum atomic E-state index is -0.647. The molecule has 3 aliphatic rings. The molecule has 0 bridgehead atoms. The molecular weight excluding hydrogens is 398 g/mol. The van der Waals surface area contributed by atoms with Crippen molar-refractivity contribution < 1.29 is 13.9 Å². The first-order chi connectivity index (χ1) is 15.7. The Bertz CT molecular complexity index is 1890. The second-order valence-electron chi connectivity index (χ2n) is 9.16. The Balaban J connectivity index is 1.65. The maximum Gasteiger partial charge on any atom is 0.385 e. The van der Waals surface area contributed by atoms with Crippen molar-refractivity contribution in [1.29, 1.82) is 0 Å². The molecule has 0 amide bonds. The zero-order valence-corrected chi connectivity index (χ0v) is 17.5. The summed E-state index contributed by atoms with van der Waals surface area (Å²) in [6.45, 7) is 2.07. The molecule has 1 spiro atoms. The highest BCUT2D eigenvalue weighted by Crippen LogP contribution is 2.55. The molecule has 0 fully saturated rings. The molecule has 3 aliphatic heterocycles. The zero-order chi connectivity index (χ0) is 20.9. The molecule has 150 valence electrons. The van der Waals surface area contributed by atoms with Crippen molar-refractivity contribution in [3.8, 4) is 23.0 Å². The summed E-state index contributed by atoms with van der Waals surface area (Å²) in [7, 11) is 2.09. The van der Waals surface area contributed by atoms with Crippen LogP contribution in [0.15, 0.2) is 67.1 Å². The number of rotatable bonds is 0. The SMILES string of the molecule is Cc1cc2n(n1)C13c4c(ccc5c6c[n+](C)cc6c6cccn1c6c45)Oc1cccc-2[n+]13. The van der Waals surface area contributed by atoms with Crippen LogP contribution in [0.25, 0.3) is 43.8 Å². The first-order valence-corrected chi connectivity index (χ1v) is 10.9. The summed E-state index contributed by atoms with van der Waals surface area (Å²) in [5.41, 5.74) is 5.65. The Hall–Kier alpha value is -4.19. The molecule has 0 saturated carbocycles. The summed E-state index contributed by atoms with van der Waals surface area (Å²) >= 11 is 0. The standard InChI is InChI=1S/C26H17N5O/c1-14-11-20-19-6-3-7-22-30(19)26(31(20)27-14)24-21(32-22)9-8-15-17-12-28(2)13-18(17)16-5-4-10-29(26)25(16)23(15)24/h3-13H,1-2H3/q+2. The van der Waals surface area contributed by atoms with E-state index in [4.69, 9.17) is 9.84 Å². The minimum Gasteiger partial charge on any atom is -0.404 e. The smallest absolute Gasteiger partial charge is 0.385 e. The normalized spacial score (nSPS) is 18.7. The van der Waals surface area contributed by atoms with Crippen LogP contribution in [0.4, 0.5) is 0 Å². The molecule has 32 heavy (non-hydrogen) atoms. The minimum absolute atomic E-state index is 0.647. The van der Waals surface area contributed by atoms with Crippen LogP contribution in [0.3, 0.4) is 0 Å². The second kappa shape index (κ2) is 4.53. The highest BCUT2D eigenvalue weighted by Gasteiger charge is 2.64. The lowest BCUT2D eigenvalue weighted by Gasteiger charge is -2.30. The lowest BCUT2D eigenvalue weighted by atomic mass is 9.95. The number of ether oxygens (including phenoxy) is 1. The molecule has 1 unspecified atom stereocenters. The lowest BCUT2D eigenvalue weighted by molar-refractivity contribution is -0.755. The van der Waals surface area contributed by atoms with E-state index in [0.29, 0.717) is 0 Å². The van der Waals surface area contributed by atoms with Crippen molar-refractivity contribution in [3.63, 3.8) is 0 Å². The molecule has 2 aromatic carbocycles. The van der Waals surface area contributed by atoms with E-state index in [0.717, 1.165) is 28.7 Å². The molecule has 0 N–H and O–H groups in total. The zero-order valence-electron chi connectivity index (χ0n) is 17.5. The van der Waals surface area contributed by atoms with E-state index in [9.17, 15) is 0 Å². The number of fused-ring (bicyclic) bond motifs is 5. The summed E-state index contributed by atoms with van der Waals surface area (Å²) in [6, 6.07) is 17.2. The monoisotopic (exact) mass is 415 g/mol. The summed E-state index contributed by atoms with van der Waals surface area (Å²) in [6.07, 6.45) is 6.66. The van der Waals surface area contributed by atoms with Gasteiger partial charge in [0.05, 0.1) is 28.0 Å². The molecule has 0 saturated heterocycles. The third kappa shape index (κ3) is 1.34. The lowest BCUT2D eigenvalue weighted by Crippen LogP contribution is -2.64.